The fourth-order valence-electron chi connectivity index (χ4n) is 2.43. The number of oxime groups is 1. The summed E-state index contributed by atoms with van der Waals surface area (Å²) in [6.45, 7) is 4.10. The molecular formula is C21H20Cl2N2O4. The second-order valence-electron chi connectivity index (χ2n) is 5.70. The van der Waals surface area contributed by atoms with Gasteiger partial charge in [-0.25, -0.2) is 4.79 Å². The average molecular weight is 435 g/mol. The van der Waals surface area contributed by atoms with E-state index in [1.807, 2.05) is 36.4 Å². The molecule has 0 saturated carbocycles. The van der Waals surface area contributed by atoms with Gasteiger partial charge in [0.1, 0.15) is 18.2 Å². The molecule has 6 nitrogen and oxygen atoms in total. The lowest BCUT2D eigenvalue weighted by molar-refractivity contribution is -0.132. The number of carbonyl (C=O) groups excluding carboxylic acids is 1. The maximum Gasteiger partial charge on any atom is 0.360 e. The molecule has 0 saturated heterocycles. The molecule has 0 heterocycles. The Bertz CT molecular complexity index is 921. The Hall–Kier alpha value is -2.80. The summed E-state index contributed by atoms with van der Waals surface area (Å²) in [5.74, 6) is -0.608. The van der Waals surface area contributed by atoms with Gasteiger partial charge >= 0.3 is 5.97 Å². The fourth-order valence-corrected chi connectivity index (χ4v) is 2.68. The third kappa shape index (κ3) is 6.64. The zero-order valence-electron chi connectivity index (χ0n) is 15.9. The number of benzene rings is 2. The first-order valence-electron chi connectivity index (χ1n) is 8.43. The maximum atomic E-state index is 12.0. The van der Waals surface area contributed by atoms with Crippen molar-refractivity contribution in [3.8, 4) is 0 Å². The molecule has 152 valence electrons. The highest BCUT2D eigenvalue weighted by molar-refractivity contribution is 6.57. The predicted octanol–water partition coefficient (Wildman–Crippen LogP) is 4.68. The van der Waals surface area contributed by atoms with Gasteiger partial charge in [-0.15, -0.1) is 0 Å². The van der Waals surface area contributed by atoms with Crippen molar-refractivity contribution in [1.82, 2.24) is 5.48 Å². The Morgan fingerprint density at radius 3 is 2.45 bits per heavy atom. The van der Waals surface area contributed by atoms with E-state index < -0.39 is 5.97 Å². The van der Waals surface area contributed by atoms with Gasteiger partial charge in [-0.3, -0.25) is 10.3 Å². The molecule has 0 fully saturated rings. The van der Waals surface area contributed by atoms with Crippen LogP contribution in [0.3, 0.4) is 0 Å². The lowest BCUT2D eigenvalue weighted by Gasteiger charge is -2.13. The van der Waals surface area contributed by atoms with Gasteiger partial charge in [0.15, 0.2) is 5.71 Å². The van der Waals surface area contributed by atoms with E-state index in [0.717, 1.165) is 11.1 Å². The third-order valence-corrected chi connectivity index (χ3v) is 4.01. The van der Waals surface area contributed by atoms with Crippen LogP contribution in [0.15, 0.2) is 64.8 Å². The Morgan fingerprint density at radius 1 is 1.14 bits per heavy atom. The molecule has 8 heteroatoms. The number of hydrogen-bond acceptors (Lipinski definition) is 6. The number of methoxy groups -OCH3 is 1. The van der Waals surface area contributed by atoms with Crippen LogP contribution in [0.1, 0.15) is 22.3 Å². The van der Waals surface area contributed by atoms with Crippen molar-refractivity contribution in [2.75, 3.05) is 14.2 Å². The van der Waals surface area contributed by atoms with Gasteiger partial charge in [-0.2, -0.15) is 0 Å². The number of hydroxylamine groups is 1. The molecule has 0 aromatic heterocycles. The van der Waals surface area contributed by atoms with Crippen molar-refractivity contribution in [1.29, 1.82) is 0 Å². The van der Waals surface area contributed by atoms with Crippen LogP contribution in [0, 0.1) is 0 Å². The molecule has 2 rings (SSSR count). The number of carbonyl (C=O) groups is 1. The standard InChI is InChI=1S/C21H20Cl2N2O4/c1-14(16-10-8-15(9-11-16)12-19(22)23)24-29-13-17-6-4-5-7-18(17)20(25-28-3)21(26)27-2/h4-12,24H,1,13H2,2-3H3. The van der Waals surface area contributed by atoms with E-state index in [1.54, 1.807) is 18.2 Å². The van der Waals surface area contributed by atoms with Gasteiger partial charge in [0.2, 0.25) is 0 Å². The van der Waals surface area contributed by atoms with Gasteiger partial charge in [0.25, 0.3) is 0 Å². The summed E-state index contributed by atoms with van der Waals surface area (Å²) in [7, 11) is 2.64. The van der Waals surface area contributed by atoms with Gasteiger partial charge in [-0.1, -0.05) is 83.5 Å². The van der Waals surface area contributed by atoms with Crippen LogP contribution in [0.5, 0.6) is 0 Å². The summed E-state index contributed by atoms with van der Waals surface area (Å²) >= 11 is 11.3. The predicted molar refractivity (Wildman–Crippen MR) is 115 cm³/mol. The minimum absolute atomic E-state index is 0.0506. The average Bonchev–Trinajstić information content (AvgIpc) is 2.72. The number of rotatable bonds is 9. The first-order valence-corrected chi connectivity index (χ1v) is 9.19. The molecule has 0 unspecified atom stereocenters. The third-order valence-electron chi connectivity index (χ3n) is 3.79. The Labute approximate surface area is 179 Å². The Morgan fingerprint density at radius 2 is 1.83 bits per heavy atom. The summed E-state index contributed by atoms with van der Waals surface area (Å²) in [4.78, 5) is 22.3. The molecule has 0 radical (unpaired) electrons. The molecule has 0 spiro atoms. The molecule has 0 atom stereocenters. The molecule has 29 heavy (non-hydrogen) atoms. The van der Waals surface area contributed by atoms with Crippen molar-refractivity contribution < 1.29 is 19.2 Å². The number of hydrogen-bond donors (Lipinski definition) is 1. The maximum absolute atomic E-state index is 12.0. The number of nitrogens with zero attached hydrogens (tertiary/aromatic N) is 1. The second kappa shape index (κ2) is 11.3. The SMILES string of the molecule is C=C(NOCc1ccccc1C(=NOC)C(=O)OC)c1ccc(C=C(Cl)Cl)cc1. The Balaban J connectivity index is 2.05. The molecule has 2 aromatic rings. The molecule has 0 aliphatic rings. The zero-order chi connectivity index (χ0) is 21.2. The van der Waals surface area contributed by atoms with Crippen LogP contribution in [0.4, 0.5) is 0 Å². The summed E-state index contributed by atoms with van der Waals surface area (Å²) in [5.41, 5.74) is 6.37. The molecule has 0 aliphatic heterocycles. The zero-order valence-corrected chi connectivity index (χ0v) is 17.5. The molecule has 1 N–H and O–H groups in total. The van der Waals surface area contributed by atoms with E-state index in [0.29, 0.717) is 16.8 Å². The summed E-state index contributed by atoms with van der Waals surface area (Å²) in [6.07, 6.45) is 1.64. The van der Waals surface area contributed by atoms with E-state index >= 15 is 0 Å². The second-order valence-corrected chi connectivity index (χ2v) is 6.70. The quantitative estimate of drug-likeness (QED) is 0.352. The van der Waals surface area contributed by atoms with Crippen LogP contribution in [0.25, 0.3) is 11.8 Å². The Kier molecular flexibility index (Phi) is 8.73. The van der Waals surface area contributed by atoms with Crippen molar-refractivity contribution in [3.05, 3.63) is 81.9 Å². The summed E-state index contributed by atoms with van der Waals surface area (Å²) in [5, 5.41) is 3.77. The first-order chi connectivity index (χ1) is 14.0. The molecule has 0 amide bonds. The van der Waals surface area contributed by atoms with Crippen molar-refractivity contribution >= 4 is 46.7 Å². The highest BCUT2D eigenvalue weighted by Gasteiger charge is 2.19. The minimum atomic E-state index is -0.608. The first kappa shape index (κ1) is 22.5. The number of esters is 1. The number of halogens is 2. The van der Waals surface area contributed by atoms with E-state index in [9.17, 15) is 4.79 Å². The van der Waals surface area contributed by atoms with Crippen LogP contribution in [-0.4, -0.2) is 25.9 Å². The smallest absolute Gasteiger partial charge is 0.360 e. The van der Waals surface area contributed by atoms with Crippen LogP contribution < -0.4 is 5.48 Å². The van der Waals surface area contributed by atoms with Crippen LogP contribution >= 0.6 is 23.2 Å². The lowest BCUT2D eigenvalue weighted by Crippen LogP contribution is -2.20. The van der Waals surface area contributed by atoms with E-state index in [-0.39, 0.29) is 16.8 Å². The van der Waals surface area contributed by atoms with E-state index in [1.165, 1.54) is 14.2 Å². The monoisotopic (exact) mass is 434 g/mol. The van der Waals surface area contributed by atoms with Gasteiger partial charge in [-0.05, 0) is 22.8 Å². The summed E-state index contributed by atoms with van der Waals surface area (Å²) in [6, 6.07) is 14.6. The van der Waals surface area contributed by atoms with Gasteiger partial charge < -0.3 is 9.57 Å². The van der Waals surface area contributed by atoms with Crippen molar-refractivity contribution in [2.24, 2.45) is 5.16 Å². The number of ether oxygens (including phenoxy) is 1. The van der Waals surface area contributed by atoms with Crippen LogP contribution in [-0.2, 0) is 25.8 Å². The lowest BCUT2D eigenvalue weighted by atomic mass is 10.0. The van der Waals surface area contributed by atoms with Crippen molar-refractivity contribution in [3.63, 3.8) is 0 Å². The highest BCUT2D eigenvalue weighted by atomic mass is 35.5. The van der Waals surface area contributed by atoms with Crippen molar-refractivity contribution in [2.45, 2.75) is 6.61 Å². The highest BCUT2D eigenvalue weighted by Crippen LogP contribution is 2.17. The topological polar surface area (TPSA) is 69.1 Å². The largest absolute Gasteiger partial charge is 0.464 e. The van der Waals surface area contributed by atoms with Gasteiger partial charge in [0.05, 0.1) is 12.8 Å². The fraction of sp³-hybridized carbons (Fsp3) is 0.143. The van der Waals surface area contributed by atoms with E-state index in [2.05, 4.69) is 17.2 Å². The molecule has 0 aliphatic carbocycles. The summed E-state index contributed by atoms with van der Waals surface area (Å²) < 4.78 is 4.95. The van der Waals surface area contributed by atoms with Crippen LogP contribution in [0.2, 0.25) is 0 Å². The normalized spacial score (nSPS) is 10.8. The molecular weight excluding hydrogens is 415 g/mol. The minimum Gasteiger partial charge on any atom is -0.464 e. The molecule has 0 bridgehead atoms. The van der Waals surface area contributed by atoms with E-state index in [4.69, 9.17) is 37.6 Å². The number of nitrogens with one attached hydrogen (secondary N) is 1. The van der Waals surface area contributed by atoms with Gasteiger partial charge in [0, 0.05) is 5.56 Å². The molecule has 2 aromatic carbocycles.